The summed E-state index contributed by atoms with van der Waals surface area (Å²) in [5, 5.41) is 17.7. The zero-order chi connectivity index (χ0) is 18.4. The number of halogens is 1. The summed E-state index contributed by atoms with van der Waals surface area (Å²) in [5.74, 6) is 1.03. The van der Waals surface area contributed by atoms with Crippen LogP contribution in [0.3, 0.4) is 0 Å². The normalized spacial score (nSPS) is 20.5. The number of hydrogen-bond acceptors (Lipinski definition) is 5. The fourth-order valence-electron chi connectivity index (χ4n) is 3.68. The minimum atomic E-state index is -0.355. The number of rotatable bonds is 2. The van der Waals surface area contributed by atoms with Gasteiger partial charge in [0.25, 0.3) is 0 Å². The minimum absolute atomic E-state index is 0.0292. The van der Waals surface area contributed by atoms with Crippen LogP contribution in [0.4, 0.5) is 0 Å². The molecular formula is C21H16ClN3O2. The highest BCUT2D eigenvalue weighted by Crippen LogP contribution is 2.47. The van der Waals surface area contributed by atoms with E-state index in [2.05, 4.69) is 11.1 Å². The zero-order valence-corrected chi connectivity index (χ0v) is 15.0. The molecule has 27 heavy (non-hydrogen) atoms. The van der Waals surface area contributed by atoms with Crippen LogP contribution in [0.25, 0.3) is 0 Å². The van der Waals surface area contributed by atoms with E-state index in [4.69, 9.17) is 21.4 Å². The van der Waals surface area contributed by atoms with Gasteiger partial charge in [-0.05, 0) is 36.4 Å². The Kier molecular flexibility index (Phi) is 3.76. The van der Waals surface area contributed by atoms with Gasteiger partial charge in [-0.3, -0.25) is 4.98 Å². The van der Waals surface area contributed by atoms with Crippen molar-refractivity contribution < 1.29 is 9.84 Å². The molecule has 5 nitrogen and oxygen atoms in total. The Bertz CT molecular complexity index is 1040. The molecule has 2 aromatic carbocycles. The number of phenols is 1. The van der Waals surface area contributed by atoms with Crippen LogP contribution in [-0.2, 0) is 0 Å². The van der Waals surface area contributed by atoms with E-state index in [-0.39, 0.29) is 18.0 Å². The molecule has 1 N–H and O–H groups in total. The van der Waals surface area contributed by atoms with Crippen molar-refractivity contribution in [1.29, 1.82) is 0 Å². The summed E-state index contributed by atoms with van der Waals surface area (Å²) in [6.45, 7) is 0. The molecule has 134 valence electrons. The summed E-state index contributed by atoms with van der Waals surface area (Å²) in [7, 11) is 0. The average Bonchev–Trinajstić information content (AvgIpc) is 3.15. The maximum Gasteiger partial charge on any atom is 0.213 e. The maximum atomic E-state index is 10.3. The van der Waals surface area contributed by atoms with E-state index in [1.54, 1.807) is 30.6 Å². The van der Waals surface area contributed by atoms with Gasteiger partial charge in [-0.15, -0.1) is 0 Å². The number of hydrazone groups is 1. The van der Waals surface area contributed by atoms with Crippen molar-refractivity contribution in [3.8, 4) is 11.5 Å². The van der Waals surface area contributed by atoms with E-state index in [1.807, 2.05) is 35.3 Å². The predicted molar refractivity (Wildman–Crippen MR) is 103 cm³/mol. The van der Waals surface area contributed by atoms with E-state index in [0.717, 1.165) is 22.6 Å². The van der Waals surface area contributed by atoms with Gasteiger partial charge in [0.1, 0.15) is 11.5 Å². The van der Waals surface area contributed by atoms with E-state index >= 15 is 0 Å². The van der Waals surface area contributed by atoms with Crippen LogP contribution in [0.2, 0.25) is 5.02 Å². The molecule has 2 atom stereocenters. The Morgan fingerprint density at radius 3 is 2.74 bits per heavy atom. The highest BCUT2D eigenvalue weighted by Gasteiger charge is 2.41. The van der Waals surface area contributed by atoms with Gasteiger partial charge in [-0.1, -0.05) is 29.8 Å². The number of ether oxygens (including phenoxy) is 1. The lowest BCUT2D eigenvalue weighted by molar-refractivity contribution is -0.0190. The maximum absolute atomic E-state index is 10.3. The van der Waals surface area contributed by atoms with Gasteiger partial charge in [0.05, 0.1) is 11.8 Å². The Morgan fingerprint density at radius 2 is 1.89 bits per heavy atom. The van der Waals surface area contributed by atoms with Gasteiger partial charge in [-0.2, -0.15) is 5.10 Å². The summed E-state index contributed by atoms with van der Waals surface area (Å²) in [6, 6.07) is 16.9. The smallest absolute Gasteiger partial charge is 0.213 e. The molecule has 2 aliphatic heterocycles. The number of nitrogens with zero attached hydrogens (tertiary/aromatic N) is 3. The monoisotopic (exact) mass is 377 g/mol. The molecule has 5 rings (SSSR count). The van der Waals surface area contributed by atoms with Crippen LogP contribution >= 0.6 is 11.6 Å². The van der Waals surface area contributed by atoms with Crippen molar-refractivity contribution in [2.75, 3.05) is 0 Å². The van der Waals surface area contributed by atoms with Crippen LogP contribution in [0, 0.1) is 0 Å². The van der Waals surface area contributed by atoms with Crippen LogP contribution in [-0.4, -0.2) is 20.8 Å². The standard InChI is InChI=1S/C21H16ClN3O2/c22-14-5-6-19(26)16(11-14)17-12-18-15-3-1-2-4-20(15)27-21(25(18)24-17)13-7-9-23-10-8-13/h1-11,18,21,26H,12H2. The van der Waals surface area contributed by atoms with Gasteiger partial charge in [0.15, 0.2) is 0 Å². The minimum Gasteiger partial charge on any atom is -0.507 e. The molecule has 3 heterocycles. The van der Waals surface area contributed by atoms with Gasteiger partial charge in [0.2, 0.25) is 6.23 Å². The van der Waals surface area contributed by atoms with Crippen molar-refractivity contribution in [3.05, 3.63) is 88.7 Å². The van der Waals surface area contributed by atoms with Crippen molar-refractivity contribution in [2.24, 2.45) is 5.10 Å². The van der Waals surface area contributed by atoms with Gasteiger partial charge < -0.3 is 9.84 Å². The number of para-hydroxylation sites is 1. The van der Waals surface area contributed by atoms with Crippen LogP contribution < -0.4 is 4.74 Å². The molecule has 0 spiro atoms. The molecule has 0 radical (unpaired) electrons. The van der Waals surface area contributed by atoms with E-state index in [1.165, 1.54) is 0 Å². The highest BCUT2D eigenvalue weighted by atomic mass is 35.5. The molecule has 0 saturated carbocycles. The Labute approximate surface area is 161 Å². The molecule has 0 amide bonds. The first kappa shape index (κ1) is 16.1. The molecule has 1 aromatic heterocycles. The first-order chi connectivity index (χ1) is 13.2. The first-order valence-electron chi connectivity index (χ1n) is 8.71. The van der Waals surface area contributed by atoms with Crippen LogP contribution in [0.1, 0.15) is 35.4 Å². The molecular weight excluding hydrogens is 362 g/mol. The van der Waals surface area contributed by atoms with E-state index < -0.39 is 0 Å². The molecule has 0 bridgehead atoms. The number of aromatic hydroxyl groups is 1. The fraction of sp³-hybridized carbons (Fsp3) is 0.143. The molecule has 3 aromatic rings. The molecule has 2 aliphatic rings. The van der Waals surface area contributed by atoms with Crippen molar-refractivity contribution in [3.63, 3.8) is 0 Å². The van der Waals surface area contributed by atoms with Gasteiger partial charge in [0, 0.05) is 40.5 Å². The number of aromatic nitrogens is 1. The largest absolute Gasteiger partial charge is 0.507 e. The summed E-state index contributed by atoms with van der Waals surface area (Å²) in [5.41, 5.74) is 3.51. The number of benzene rings is 2. The highest BCUT2D eigenvalue weighted by molar-refractivity contribution is 6.31. The molecule has 0 saturated heterocycles. The van der Waals surface area contributed by atoms with Gasteiger partial charge >= 0.3 is 0 Å². The Balaban J connectivity index is 1.62. The number of phenolic OH excluding ortho intramolecular Hbond substituents is 1. The quantitative estimate of drug-likeness (QED) is 0.704. The van der Waals surface area contributed by atoms with Crippen molar-refractivity contribution in [2.45, 2.75) is 18.7 Å². The molecule has 6 heteroatoms. The second-order valence-electron chi connectivity index (χ2n) is 6.60. The predicted octanol–water partition coefficient (Wildman–Crippen LogP) is 4.68. The summed E-state index contributed by atoms with van der Waals surface area (Å²) in [6.07, 6.45) is 3.80. The molecule has 0 fully saturated rings. The van der Waals surface area contributed by atoms with E-state index in [9.17, 15) is 5.11 Å². The van der Waals surface area contributed by atoms with Crippen molar-refractivity contribution >= 4 is 17.3 Å². The first-order valence-corrected chi connectivity index (χ1v) is 9.09. The topological polar surface area (TPSA) is 58.0 Å². The zero-order valence-electron chi connectivity index (χ0n) is 14.3. The van der Waals surface area contributed by atoms with Crippen LogP contribution in [0.15, 0.2) is 72.1 Å². The second-order valence-corrected chi connectivity index (χ2v) is 7.03. The SMILES string of the molecule is Oc1ccc(Cl)cc1C1=NN2C(C1)c1ccccc1OC2c1ccncc1. The lowest BCUT2D eigenvalue weighted by atomic mass is 9.95. The number of fused-ring (bicyclic) bond motifs is 3. The average molecular weight is 378 g/mol. The van der Waals surface area contributed by atoms with E-state index in [0.29, 0.717) is 17.0 Å². The van der Waals surface area contributed by atoms with Gasteiger partial charge in [-0.25, -0.2) is 5.01 Å². The summed E-state index contributed by atoms with van der Waals surface area (Å²) >= 11 is 6.14. The molecule has 0 aliphatic carbocycles. The third-order valence-electron chi connectivity index (χ3n) is 4.96. The fourth-order valence-corrected chi connectivity index (χ4v) is 3.86. The lowest BCUT2D eigenvalue weighted by Gasteiger charge is -2.38. The molecule has 2 unspecified atom stereocenters. The summed E-state index contributed by atoms with van der Waals surface area (Å²) in [4.78, 5) is 4.10. The summed E-state index contributed by atoms with van der Waals surface area (Å²) < 4.78 is 6.27. The Morgan fingerprint density at radius 1 is 1.07 bits per heavy atom. The number of pyridine rings is 1. The lowest BCUT2D eigenvalue weighted by Crippen LogP contribution is -2.33. The van der Waals surface area contributed by atoms with Crippen molar-refractivity contribution in [1.82, 2.24) is 9.99 Å². The number of hydrogen-bond donors (Lipinski definition) is 1. The third-order valence-corrected chi connectivity index (χ3v) is 5.19. The van der Waals surface area contributed by atoms with Crippen LogP contribution in [0.5, 0.6) is 11.5 Å². The Hall–Kier alpha value is -3.05. The third kappa shape index (κ3) is 2.71. The second kappa shape index (κ2) is 6.28.